The maximum absolute atomic E-state index is 12.7. The van der Waals surface area contributed by atoms with E-state index in [1.807, 2.05) is 24.3 Å². The van der Waals surface area contributed by atoms with Crippen molar-refractivity contribution >= 4 is 11.5 Å². The van der Waals surface area contributed by atoms with Gasteiger partial charge in [0.15, 0.2) is 0 Å². The Morgan fingerprint density at radius 3 is 2.00 bits per heavy atom. The zero-order chi connectivity index (χ0) is 17.0. The molecule has 2 heteroatoms. The molecule has 1 heterocycles. The van der Waals surface area contributed by atoms with Crippen LogP contribution in [0.15, 0.2) is 84.4 Å². The first kappa shape index (κ1) is 14.2. The predicted octanol–water partition coefficient (Wildman–Crippen LogP) is 4.51. The van der Waals surface area contributed by atoms with Crippen LogP contribution in [0, 0.1) is 0 Å². The molecule has 2 aliphatic rings. The van der Waals surface area contributed by atoms with Crippen LogP contribution in [0.4, 0.5) is 0 Å². The molecule has 0 saturated carbocycles. The average molecular weight is 323 g/mol. The highest BCUT2D eigenvalue weighted by molar-refractivity contribution is 6.04. The third kappa shape index (κ3) is 1.71. The van der Waals surface area contributed by atoms with Crippen molar-refractivity contribution in [1.82, 2.24) is 5.32 Å². The Bertz CT molecular complexity index is 1050. The lowest BCUT2D eigenvalue weighted by molar-refractivity contribution is 0.0948. The number of nitrogens with one attached hydrogen (secondary N) is 1. The number of hydrogen-bond acceptors (Lipinski definition) is 1. The molecule has 1 aliphatic heterocycles. The zero-order valence-corrected chi connectivity index (χ0v) is 13.9. The Morgan fingerprint density at radius 2 is 1.28 bits per heavy atom. The summed E-state index contributed by atoms with van der Waals surface area (Å²) < 4.78 is 0. The molecule has 25 heavy (non-hydrogen) atoms. The second-order valence-electron chi connectivity index (χ2n) is 6.66. The third-order valence-electron chi connectivity index (χ3n) is 5.48. The fourth-order valence-corrected chi connectivity index (χ4v) is 4.42. The summed E-state index contributed by atoms with van der Waals surface area (Å²) >= 11 is 0. The molecule has 3 aromatic carbocycles. The molecule has 0 aromatic heterocycles. The minimum Gasteiger partial charge on any atom is -0.335 e. The normalized spacial score (nSPS) is 20.6. The highest BCUT2D eigenvalue weighted by atomic mass is 16.2. The maximum Gasteiger partial charge on any atom is 0.252 e. The van der Waals surface area contributed by atoms with E-state index in [4.69, 9.17) is 0 Å². The van der Waals surface area contributed by atoms with Gasteiger partial charge in [-0.2, -0.15) is 0 Å². The van der Waals surface area contributed by atoms with Crippen LogP contribution in [0.25, 0.3) is 5.57 Å². The van der Waals surface area contributed by atoms with Crippen LogP contribution in [-0.4, -0.2) is 5.91 Å². The number of benzene rings is 3. The smallest absolute Gasteiger partial charge is 0.252 e. The first-order chi connectivity index (χ1) is 12.2. The van der Waals surface area contributed by atoms with Gasteiger partial charge >= 0.3 is 0 Å². The molecule has 5 rings (SSSR count). The molecule has 1 unspecified atom stereocenters. The molecule has 1 spiro atoms. The molecule has 1 atom stereocenters. The van der Waals surface area contributed by atoms with E-state index in [1.54, 1.807) is 0 Å². The summed E-state index contributed by atoms with van der Waals surface area (Å²) in [6, 6.07) is 26.8. The van der Waals surface area contributed by atoms with Gasteiger partial charge in [-0.1, -0.05) is 72.8 Å². The Labute approximate surface area is 146 Å². The van der Waals surface area contributed by atoms with Crippen LogP contribution < -0.4 is 5.32 Å². The number of carbonyl (C=O) groups excluding carboxylic acids is 1. The lowest BCUT2D eigenvalue weighted by Gasteiger charge is -2.29. The quantitative estimate of drug-likeness (QED) is 0.701. The van der Waals surface area contributed by atoms with Crippen LogP contribution in [0.5, 0.6) is 0 Å². The Morgan fingerprint density at radius 1 is 0.720 bits per heavy atom. The van der Waals surface area contributed by atoms with Crippen LogP contribution in [-0.2, 0) is 5.54 Å². The predicted molar refractivity (Wildman–Crippen MR) is 99.3 cm³/mol. The lowest BCUT2D eigenvalue weighted by atomic mass is 9.81. The molecule has 3 aromatic rings. The van der Waals surface area contributed by atoms with Gasteiger partial charge in [-0.3, -0.25) is 4.79 Å². The molecule has 0 fully saturated rings. The van der Waals surface area contributed by atoms with Crippen molar-refractivity contribution in [1.29, 1.82) is 0 Å². The summed E-state index contributed by atoms with van der Waals surface area (Å²) in [6.07, 6.45) is 0. The van der Waals surface area contributed by atoms with Crippen molar-refractivity contribution in [3.63, 3.8) is 0 Å². The van der Waals surface area contributed by atoms with E-state index < -0.39 is 5.54 Å². The topological polar surface area (TPSA) is 29.1 Å². The summed E-state index contributed by atoms with van der Waals surface area (Å²) in [4.78, 5) is 12.7. The highest BCUT2D eigenvalue weighted by Gasteiger charge is 2.51. The van der Waals surface area contributed by atoms with Gasteiger partial charge in [-0.15, -0.1) is 0 Å². The summed E-state index contributed by atoms with van der Waals surface area (Å²) in [7, 11) is 0. The van der Waals surface area contributed by atoms with Gasteiger partial charge < -0.3 is 5.32 Å². The largest absolute Gasteiger partial charge is 0.335 e. The number of amides is 1. The number of hydrogen-bond donors (Lipinski definition) is 1. The second-order valence-corrected chi connectivity index (χ2v) is 6.66. The first-order valence-corrected chi connectivity index (χ1v) is 8.52. The lowest BCUT2D eigenvalue weighted by Crippen LogP contribution is -2.40. The van der Waals surface area contributed by atoms with Crippen molar-refractivity contribution in [2.75, 3.05) is 0 Å². The molecular weight excluding hydrogens is 306 g/mol. The van der Waals surface area contributed by atoms with Gasteiger partial charge in [0, 0.05) is 5.56 Å². The van der Waals surface area contributed by atoms with E-state index in [1.165, 1.54) is 22.3 Å². The monoisotopic (exact) mass is 323 g/mol. The number of fused-ring (bicyclic) bond motifs is 4. The molecule has 0 radical (unpaired) electrons. The fraction of sp³-hybridized carbons (Fsp3) is 0.0870. The summed E-state index contributed by atoms with van der Waals surface area (Å²) in [5, 5.41) is 3.30. The molecule has 0 saturated heterocycles. The number of carbonyl (C=O) groups is 1. The molecular formula is C23H17NO. The Kier molecular flexibility index (Phi) is 2.81. The van der Waals surface area contributed by atoms with Crippen LogP contribution in [0.2, 0.25) is 0 Å². The van der Waals surface area contributed by atoms with E-state index in [9.17, 15) is 4.79 Å². The van der Waals surface area contributed by atoms with Gasteiger partial charge in [-0.05, 0) is 46.4 Å². The molecule has 1 N–H and O–H groups in total. The van der Waals surface area contributed by atoms with Gasteiger partial charge in [0.25, 0.3) is 5.91 Å². The van der Waals surface area contributed by atoms with Crippen molar-refractivity contribution in [2.45, 2.75) is 12.5 Å². The zero-order valence-electron chi connectivity index (χ0n) is 13.9. The van der Waals surface area contributed by atoms with Gasteiger partial charge in [0.2, 0.25) is 0 Å². The summed E-state index contributed by atoms with van der Waals surface area (Å²) in [5.41, 5.74) is 7.19. The SMILES string of the molecule is CC1=C(c2ccccc2)c2ccccc2C12NC(=O)c1ccccc12. The summed E-state index contributed by atoms with van der Waals surface area (Å²) in [5.74, 6) is -0.000866. The molecule has 120 valence electrons. The van der Waals surface area contributed by atoms with Crippen LogP contribution >= 0.6 is 0 Å². The minimum absolute atomic E-state index is 0.000866. The van der Waals surface area contributed by atoms with E-state index >= 15 is 0 Å². The van der Waals surface area contributed by atoms with Crippen LogP contribution in [0.1, 0.15) is 39.5 Å². The maximum atomic E-state index is 12.7. The first-order valence-electron chi connectivity index (χ1n) is 8.52. The van der Waals surface area contributed by atoms with Crippen molar-refractivity contribution in [3.05, 3.63) is 112 Å². The summed E-state index contributed by atoms with van der Waals surface area (Å²) in [6.45, 7) is 2.14. The Hall–Kier alpha value is -3.13. The van der Waals surface area contributed by atoms with Crippen LogP contribution in [0.3, 0.4) is 0 Å². The van der Waals surface area contributed by atoms with E-state index in [2.05, 4.69) is 66.8 Å². The molecule has 1 aliphatic carbocycles. The second kappa shape index (κ2) is 4.93. The minimum atomic E-state index is -0.560. The van der Waals surface area contributed by atoms with Crippen molar-refractivity contribution in [2.24, 2.45) is 0 Å². The average Bonchev–Trinajstić information content (AvgIpc) is 3.10. The van der Waals surface area contributed by atoms with Gasteiger partial charge in [0.1, 0.15) is 5.54 Å². The van der Waals surface area contributed by atoms with Gasteiger partial charge in [0.05, 0.1) is 0 Å². The van der Waals surface area contributed by atoms with E-state index in [0.717, 1.165) is 16.7 Å². The molecule has 2 nitrogen and oxygen atoms in total. The van der Waals surface area contributed by atoms with Crippen molar-refractivity contribution in [3.8, 4) is 0 Å². The standard InChI is InChI=1S/C23H17NO/c1-15-21(16-9-3-2-4-10-16)17-11-5-7-13-19(17)23(15)20-14-8-6-12-18(20)22(25)24-23/h2-14H,1H3,(H,24,25). The molecule has 1 amide bonds. The van der Waals surface area contributed by atoms with Gasteiger partial charge in [-0.25, -0.2) is 0 Å². The number of rotatable bonds is 1. The van der Waals surface area contributed by atoms with E-state index in [0.29, 0.717) is 0 Å². The van der Waals surface area contributed by atoms with Crippen molar-refractivity contribution < 1.29 is 4.79 Å². The fourth-order valence-electron chi connectivity index (χ4n) is 4.42. The molecule has 0 bridgehead atoms. The third-order valence-corrected chi connectivity index (χ3v) is 5.48. The highest BCUT2D eigenvalue weighted by Crippen LogP contribution is 2.53. The van der Waals surface area contributed by atoms with E-state index in [-0.39, 0.29) is 5.91 Å². The Balaban J connectivity index is 1.88.